The number of rotatable bonds is 7. The molecule has 0 saturated carbocycles. The average Bonchev–Trinajstić information content (AvgIpc) is 3.07. The summed E-state index contributed by atoms with van der Waals surface area (Å²) in [6, 6.07) is 10.1. The van der Waals surface area contributed by atoms with Gasteiger partial charge in [-0.05, 0) is 91.1 Å². The lowest BCUT2D eigenvalue weighted by molar-refractivity contribution is 0.0723. The maximum Gasteiger partial charge on any atom is 0.368 e. The Hall–Kier alpha value is -2.40. The zero-order chi connectivity index (χ0) is 27.9. The molecule has 0 bridgehead atoms. The van der Waals surface area contributed by atoms with Crippen molar-refractivity contribution in [2.75, 3.05) is 13.0 Å². The van der Waals surface area contributed by atoms with Crippen LogP contribution in [-0.4, -0.2) is 18.1 Å². The van der Waals surface area contributed by atoms with E-state index in [2.05, 4.69) is 33.8 Å². The first-order chi connectivity index (χ1) is 18.1. The van der Waals surface area contributed by atoms with Crippen molar-refractivity contribution in [1.29, 1.82) is 0 Å². The van der Waals surface area contributed by atoms with E-state index in [1.807, 2.05) is 26.0 Å². The molecule has 1 heterocycles. The molecular formula is C31H42FO5P. The molecule has 1 aliphatic carbocycles. The molecule has 38 heavy (non-hydrogen) atoms. The minimum absolute atomic E-state index is 0.204. The summed E-state index contributed by atoms with van der Waals surface area (Å²) in [7, 11) is -3.50. The molecule has 0 spiro atoms. The molecule has 1 fully saturated rings. The lowest BCUT2D eigenvalue weighted by Gasteiger charge is -2.30. The second-order valence-corrected chi connectivity index (χ2v) is 12.0. The van der Waals surface area contributed by atoms with E-state index in [9.17, 15) is 14.1 Å². The molecule has 7 heteroatoms. The van der Waals surface area contributed by atoms with E-state index in [1.165, 1.54) is 23.3 Å². The summed E-state index contributed by atoms with van der Waals surface area (Å²) in [5.74, 6) is 1.05. The second-order valence-electron chi connectivity index (χ2n) is 10.1. The van der Waals surface area contributed by atoms with Crippen molar-refractivity contribution in [3.8, 4) is 5.75 Å². The number of hydrogen-bond acceptors (Lipinski definition) is 5. The molecule has 2 atom stereocenters. The first-order valence-electron chi connectivity index (χ1n) is 13.7. The number of aliphatic hydroxyl groups excluding tert-OH is 1. The van der Waals surface area contributed by atoms with E-state index in [0.29, 0.717) is 23.5 Å². The molecule has 2 unspecified atom stereocenters. The summed E-state index contributed by atoms with van der Waals surface area (Å²) in [4.78, 5) is 0. The fourth-order valence-electron chi connectivity index (χ4n) is 4.92. The highest BCUT2D eigenvalue weighted by Crippen LogP contribution is 2.56. The zero-order valence-electron chi connectivity index (χ0n) is 23.6. The minimum atomic E-state index is -3.50. The van der Waals surface area contributed by atoms with Gasteiger partial charge in [-0.1, -0.05) is 51.5 Å². The Bertz CT molecular complexity index is 1190. The topological polar surface area (TPSA) is 65.0 Å². The van der Waals surface area contributed by atoms with Gasteiger partial charge in [0.25, 0.3) is 0 Å². The molecule has 2 aliphatic rings. The van der Waals surface area contributed by atoms with Crippen molar-refractivity contribution >= 4 is 7.60 Å². The van der Waals surface area contributed by atoms with Crippen LogP contribution >= 0.6 is 7.60 Å². The van der Waals surface area contributed by atoms with E-state index in [1.54, 1.807) is 12.1 Å². The van der Waals surface area contributed by atoms with Crippen LogP contribution in [0.5, 0.6) is 5.75 Å². The van der Waals surface area contributed by atoms with Gasteiger partial charge < -0.3 is 14.4 Å². The normalized spacial score (nSPS) is 21.9. The average molecular weight is 545 g/mol. The van der Waals surface area contributed by atoms with Gasteiger partial charge in [0.2, 0.25) is 0 Å². The third-order valence-corrected chi connectivity index (χ3v) is 8.46. The lowest BCUT2D eigenvalue weighted by Crippen LogP contribution is -2.17. The van der Waals surface area contributed by atoms with Gasteiger partial charge in [0.15, 0.2) is 6.35 Å². The molecule has 208 valence electrons. The Morgan fingerprint density at radius 3 is 2.50 bits per heavy atom. The van der Waals surface area contributed by atoms with Crippen molar-refractivity contribution in [1.82, 2.24) is 0 Å². The molecule has 0 aromatic heterocycles. The molecule has 1 saturated heterocycles. The van der Waals surface area contributed by atoms with E-state index in [-0.39, 0.29) is 24.7 Å². The zero-order valence-corrected chi connectivity index (χ0v) is 24.4. The largest absolute Gasteiger partial charge is 0.512 e. The van der Waals surface area contributed by atoms with Crippen LogP contribution in [0, 0.1) is 25.6 Å². The first kappa shape index (κ1) is 30.1. The number of hydrogen-bond donors (Lipinski definition) is 1. The molecule has 0 radical (unpaired) electrons. The Kier molecular flexibility index (Phi) is 10.8. The predicted octanol–water partition coefficient (Wildman–Crippen LogP) is 9.30. The van der Waals surface area contributed by atoms with Crippen LogP contribution in [0.3, 0.4) is 0 Å². The Morgan fingerprint density at radius 2 is 1.84 bits per heavy atom. The summed E-state index contributed by atoms with van der Waals surface area (Å²) in [6.07, 6.45) is 5.43. The van der Waals surface area contributed by atoms with E-state index in [4.69, 9.17) is 13.8 Å². The number of aryl methyl sites for hydroxylation is 2. The standard InChI is InChI=1S/C29H36FO5P.C2H6/c1-19(2)26-15-22(7-5-10-28(26)31)16-27-20(3)13-25(14-21(27)4)33-18-36(32)34-12-11-29(35-36)23-8-6-9-24(30)17-23;1-2/h6,8-9,13-15,17,19,29,31H,5,7,10-12,16,18H2,1-4H3;1-2H3. The first-order valence-corrected chi connectivity index (χ1v) is 15.4. The van der Waals surface area contributed by atoms with Gasteiger partial charge in [-0.3, -0.25) is 9.09 Å². The van der Waals surface area contributed by atoms with Crippen molar-refractivity contribution in [2.45, 2.75) is 79.8 Å². The molecule has 1 aliphatic heterocycles. The molecule has 0 amide bonds. The summed E-state index contributed by atoms with van der Waals surface area (Å²) >= 11 is 0. The highest BCUT2D eigenvalue weighted by molar-refractivity contribution is 7.53. The van der Waals surface area contributed by atoms with Gasteiger partial charge in [0.05, 0.1) is 18.5 Å². The lowest BCUT2D eigenvalue weighted by atomic mass is 9.92. The Morgan fingerprint density at radius 1 is 1.13 bits per heavy atom. The van der Waals surface area contributed by atoms with Crippen molar-refractivity contribution in [2.24, 2.45) is 5.92 Å². The number of benzene rings is 2. The second kappa shape index (κ2) is 13.6. The van der Waals surface area contributed by atoms with Gasteiger partial charge in [-0.25, -0.2) is 4.39 Å². The Balaban J connectivity index is 0.00000195. The molecule has 1 N–H and O–H groups in total. The van der Waals surface area contributed by atoms with Gasteiger partial charge in [-0.2, -0.15) is 0 Å². The summed E-state index contributed by atoms with van der Waals surface area (Å²) in [6.45, 7) is 12.6. The van der Waals surface area contributed by atoms with Crippen LogP contribution in [0.1, 0.15) is 81.7 Å². The molecular weight excluding hydrogens is 502 g/mol. The van der Waals surface area contributed by atoms with Crippen LogP contribution in [-0.2, 0) is 20.0 Å². The van der Waals surface area contributed by atoms with Crippen LogP contribution in [0.25, 0.3) is 0 Å². The molecule has 5 nitrogen and oxygen atoms in total. The third kappa shape index (κ3) is 7.81. The maximum absolute atomic E-state index is 13.6. The fourth-order valence-corrected chi connectivity index (χ4v) is 6.42. The summed E-state index contributed by atoms with van der Waals surface area (Å²) in [5.41, 5.74) is 6.42. The predicted molar refractivity (Wildman–Crippen MR) is 151 cm³/mol. The van der Waals surface area contributed by atoms with Crippen LogP contribution < -0.4 is 4.74 Å². The van der Waals surface area contributed by atoms with Crippen LogP contribution in [0.2, 0.25) is 0 Å². The smallest absolute Gasteiger partial charge is 0.368 e. The quantitative estimate of drug-likeness (QED) is 0.352. The summed E-state index contributed by atoms with van der Waals surface area (Å²) in [5, 5.41) is 10.4. The number of aliphatic hydroxyl groups is 1. The van der Waals surface area contributed by atoms with Gasteiger partial charge in [0, 0.05) is 12.8 Å². The number of halogens is 1. The van der Waals surface area contributed by atoms with Crippen molar-refractivity contribution in [3.05, 3.63) is 87.5 Å². The van der Waals surface area contributed by atoms with Crippen LogP contribution in [0.4, 0.5) is 4.39 Å². The number of ether oxygens (including phenoxy) is 1. The third-order valence-electron chi connectivity index (χ3n) is 6.87. The van der Waals surface area contributed by atoms with Crippen molar-refractivity contribution in [3.63, 3.8) is 0 Å². The molecule has 4 rings (SSSR count). The summed E-state index contributed by atoms with van der Waals surface area (Å²) < 4.78 is 44.0. The monoisotopic (exact) mass is 544 g/mol. The highest BCUT2D eigenvalue weighted by atomic mass is 31.2. The van der Waals surface area contributed by atoms with Crippen LogP contribution in [0.15, 0.2) is 59.4 Å². The SMILES string of the molecule is CC.Cc1cc(OCP2(=O)OCCC(c3cccc(F)c3)O2)cc(C)c1CC1=CC(C(C)C)=C(O)CCC1. The Labute approximate surface area is 227 Å². The maximum atomic E-state index is 13.6. The highest BCUT2D eigenvalue weighted by Gasteiger charge is 2.35. The van der Waals surface area contributed by atoms with E-state index in [0.717, 1.165) is 42.4 Å². The van der Waals surface area contributed by atoms with E-state index >= 15 is 0 Å². The fraction of sp³-hybridized carbons (Fsp3) is 0.484. The van der Waals surface area contributed by atoms with Crippen molar-refractivity contribution < 1.29 is 27.8 Å². The minimum Gasteiger partial charge on any atom is -0.512 e. The number of allylic oxidation sites excluding steroid dienone is 4. The van der Waals surface area contributed by atoms with Gasteiger partial charge >= 0.3 is 7.60 Å². The van der Waals surface area contributed by atoms with E-state index < -0.39 is 13.7 Å². The molecule has 2 aromatic carbocycles. The van der Waals surface area contributed by atoms with Gasteiger partial charge in [-0.15, -0.1) is 0 Å². The molecule has 2 aromatic rings. The van der Waals surface area contributed by atoms with Gasteiger partial charge in [0.1, 0.15) is 11.6 Å².